The zero-order chi connectivity index (χ0) is 20.5. The molecule has 0 amide bonds. The van der Waals surface area contributed by atoms with Gasteiger partial charge in [-0.05, 0) is 26.0 Å². The maximum Gasteiger partial charge on any atom is 0.243 e. The summed E-state index contributed by atoms with van der Waals surface area (Å²) >= 11 is 0. The molecule has 0 spiro atoms. The van der Waals surface area contributed by atoms with Gasteiger partial charge in [0.15, 0.2) is 0 Å². The predicted octanol–water partition coefficient (Wildman–Crippen LogP) is 3.43. The van der Waals surface area contributed by atoms with E-state index in [1.54, 1.807) is 24.3 Å². The van der Waals surface area contributed by atoms with E-state index in [9.17, 15) is 8.42 Å². The number of hydrogen-bond acceptors (Lipinski definition) is 4. The topological polar surface area (TPSA) is 55.8 Å². The van der Waals surface area contributed by atoms with Gasteiger partial charge in [-0.25, -0.2) is 8.42 Å². The van der Waals surface area contributed by atoms with Crippen molar-refractivity contribution >= 4 is 18.1 Å². The van der Waals surface area contributed by atoms with Crippen molar-refractivity contribution in [2.45, 2.75) is 44.5 Å². The lowest BCUT2D eigenvalue weighted by molar-refractivity contribution is -0.0553. The van der Waals surface area contributed by atoms with Crippen molar-refractivity contribution < 1.29 is 17.9 Å². The molecule has 0 radical (unpaired) electrons. The summed E-state index contributed by atoms with van der Waals surface area (Å²) in [6.45, 7) is 10.6. The molecule has 0 aliphatic rings. The zero-order valence-electron chi connectivity index (χ0n) is 17.2. The maximum absolute atomic E-state index is 13.1. The van der Waals surface area contributed by atoms with E-state index in [0.29, 0.717) is 0 Å². The highest BCUT2D eigenvalue weighted by Crippen LogP contribution is 2.17. The first-order chi connectivity index (χ1) is 12.6. The normalized spacial score (nSPS) is 13.6. The molecule has 0 fully saturated rings. The van der Waals surface area contributed by atoms with Gasteiger partial charge in [0.2, 0.25) is 10.0 Å². The second kappa shape index (κ2) is 10.8. The van der Waals surface area contributed by atoms with Crippen molar-refractivity contribution in [1.82, 2.24) is 4.31 Å². The quantitative estimate of drug-likeness (QED) is 0.271. The van der Waals surface area contributed by atoms with Crippen LogP contribution in [0.2, 0.25) is 19.6 Å². The van der Waals surface area contributed by atoms with E-state index in [1.807, 2.05) is 26.0 Å². The molecular formula is C20H31NO4SSi. The zero-order valence-corrected chi connectivity index (χ0v) is 19.0. The van der Waals surface area contributed by atoms with E-state index in [4.69, 9.17) is 9.47 Å². The summed E-state index contributed by atoms with van der Waals surface area (Å²) < 4.78 is 38.3. The number of rotatable bonds is 9. The Labute approximate surface area is 165 Å². The third-order valence-electron chi connectivity index (χ3n) is 3.57. The van der Waals surface area contributed by atoms with E-state index in [2.05, 4.69) is 31.1 Å². The molecule has 5 nitrogen and oxygen atoms in total. The van der Waals surface area contributed by atoms with E-state index >= 15 is 0 Å². The van der Waals surface area contributed by atoms with Crippen molar-refractivity contribution in [3.63, 3.8) is 0 Å². The smallest absolute Gasteiger partial charge is 0.243 e. The van der Waals surface area contributed by atoms with Gasteiger partial charge in [-0.3, -0.25) is 0 Å². The second-order valence-corrected chi connectivity index (χ2v) is 14.0. The monoisotopic (exact) mass is 409 g/mol. The van der Waals surface area contributed by atoms with Gasteiger partial charge in [0.05, 0.1) is 11.4 Å². The Morgan fingerprint density at radius 1 is 1.22 bits per heavy atom. The largest absolute Gasteiger partial charge is 0.359 e. The fraction of sp³-hybridized carbons (Fsp3) is 0.500. The molecule has 1 aromatic rings. The standard InChI is InChI=1S/C20H31NO4SSi/c1-7-8-14-21(26(22,23)20-11-9-18(2)10-12-20)16-19(25-17-24-3)13-15-27(4,5)6/h7-12,19H,14,16-17H2,1-6H3/b8-7+/t19-/m0/s1. The summed E-state index contributed by atoms with van der Waals surface area (Å²) in [5.74, 6) is 3.11. The van der Waals surface area contributed by atoms with Gasteiger partial charge in [0.25, 0.3) is 0 Å². The van der Waals surface area contributed by atoms with Crippen molar-refractivity contribution in [2.75, 3.05) is 27.0 Å². The van der Waals surface area contributed by atoms with Crippen LogP contribution < -0.4 is 0 Å². The van der Waals surface area contributed by atoms with Crippen molar-refractivity contribution in [3.8, 4) is 11.5 Å². The highest BCUT2D eigenvalue weighted by Gasteiger charge is 2.26. The second-order valence-electron chi connectivity index (χ2n) is 7.29. The average Bonchev–Trinajstić information content (AvgIpc) is 2.59. The minimum atomic E-state index is -3.66. The van der Waals surface area contributed by atoms with Gasteiger partial charge in [-0.15, -0.1) is 5.54 Å². The number of hydrogen-bond donors (Lipinski definition) is 0. The Hall–Kier alpha value is -1.43. The highest BCUT2D eigenvalue weighted by atomic mass is 32.2. The van der Waals surface area contributed by atoms with Crippen LogP contribution in [0.15, 0.2) is 41.3 Å². The molecule has 0 saturated carbocycles. The summed E-state index contributed by atoms with van der Waals surface area (Å²) in [4.78, 5) is 0.265. The first kappa shape index (κ1) is 23.6. The lowest BCUT2D eigenvalue weighted by atomic mass is 10.2. The van der Waals surface area contributed by atoms with E-state index in [-0.39, 0.29) is 24.8 Å². The minimum Gasteiger partial charge on any atom is -0.359 e. The average molecular weight is 410 g/mol. The number of benzene rings is 1. The Morgan fingerprint density at radius 3 is 2.37 bits per heavy atom. The van der Waals surface area contributed by atoms with Gasteiger partial charge >= 0.3 is 0 Å². The van der Waals surface area contributed by atoms with Crippen LogP contribution in [0.4, 0.5) is 0 Å². The van der Waals surface area contributed by atoms with Crippen LogP contribution >= 0.6 is 0 Å². The Bertz CT molecular complexity index is 771. The third kappa shape index (κ3) is 8.41. The molecule has 1 rings (SSSR count). The fourth-order valence-electron chi connectivity index (χ4n) is 2.13. The van der Waals surface area contributed by atoms with Crippen molar-refractivity contribution in [2.24, 2.45) is 0 Å². The van der Waals surface area contributed by atoms with Gasteiger partial charge in [0.1, 0.15) is 21.0 Å². The molecule has 0 aromatic heterocycles. The predicted molar refractivity (Wildman–Crippen MR) is 113 cm³/mol. The number of methoxy groups -OCH3 is 1. The number of aryl methyl sites for hydroxylation is 1. The van der Waals surface area contributed by atoms with Gasteiger partial charge in [-0.1, -0.05) is 55.4 Å². The molecule has 0 saturated heterocycles. The minimum absolute atomic E-state index is 0.0626. The molecule has 150 valence electrons. The molecule has 1 atom stereocenters. The Balaban J connectivity index is 3.17. The first-order valence-corrected chi connectivity index (χ1v) is 13.9. The van der Waals surface area contributed by atoms with Crippen LogP contribution in [0.3, 0.4) is 0 Å². The number of ether oxygens (including phenoxy) is 2. The van der Waals surface area contributed by atoms with Crippen LogP contribution in [-0.2, 0) is 19.5 Å². The highest BCUT2D eigenvalue weighted by molar-refractivity contribution is 7.89. The summed E-state index contributed by atoms with van der Waals surface area (Å²) in [7, 11) is -3.74. The maximum atomic E-state index is 13.1. The van der Waals surface area contributed by atoms with Crippen molar-refractivity contribution in [1.29, 1.82) is 0 Å². The Morgan fingerprint density at radius 2 is 1.85 bits per heavy atom. The molecule has 0 unspecified atom stereocenters. The summed E-state index contributed by atoms with van der Waals surface area (Å²) in [5.41, 5.74) is 4.27. The van der Waals surface area contributed by atoms with Gasteiger partial charge in [-0.2, -0.15) is 4.31 Å². The molecule has 1 aromatic carbocycles. The molecule has 0 aliphatic carbocycles. The summed E-state index contributed by atoms with van der Waals surface area (Å²) in [5, 5.41) is 0. The van der Waals surface area contributed by atoms with E-state index in [1.165, 1.54) is 11.4 Å². The molecule has 0 heterocycles. The Kier molecular flexibility index (Phi) is 9.43. The van der Waals surface area contributed by atoms with Gasteiger partial charge in [0, 0.05) is 13.7 Å². The fourth-order valence-corrected chi connectivity index (χ4v) is 4.11. The van der Waals surface area contributed by atoms with Crippen LogP contribution in [0.5, 0.6) is 0 Å². The van der Waals surface area contributed by atoms with Crippen LogP contribution in [0.25, 0.3) is 0 Å². The number of sulfonamides is 1. The lowest BCUT2D eigenvalue weighted by Gasteiger charge is -2.24. The third-order valence-corrected chi connectivity index (χ3v) is 6.31. The summed E-state index contributed by atoms with van der Waals surface area (Å²) in [6.07, 6.45) is 3.09. The SMILES string of the molecule is C/C=C/CN(C[C@H](C#C[Si](C)(C)C)OCOC)S(=O)(=O)c1ccc(C)cc1. The number of nitrogens with zero attached hydrogens (tertiary/aromatic N) is 1. The summed E-state index contributed by atoms with van der Waals surface area (Å²) in [6, 6.07) is 6.85. The lowest BCUT2D eigenvalue weighted by Crippen LogP contribution is -2.38. The molecule has 0 N–H and O–H groups in total. The molecular weight excluding hydrogens is 378 g/mol. The molecule has 0 aliphatic heterocycles. The van der Waals surface area contributed by atoms with E-state index < -0.39 is 24.2 Å². The molecule has 7 heteroatoms. The van der Waals surface area contributed by atoms with E-state index in [0.717, 1.165) is 5.56 Å². The molecule has 27 heavy (non-hydrogen) atoms. The molecule has 0 bridgehead atoms. The van der Waals surface area contributed by atoms with Crippen LogP contribution in [0, 0.1) is 18.4 Å². The first-order valence-electron chi connectivity index (χ1n) is 8.91. The van der Waals surface area contributed by atoms with Crippen molar-refractivity contribution in [3.05, 3.63) is 42.0 Å². The van der Waals surface area contributed by atoms with Gasteiger partial charge < -0.3 is 9.47 Å². The van der Waals surface area contributed by atoms with Crippen LogP contribution in [0.1, 0.15) is 12.5 Å². The van der Waals surface area contributed by atoms with Crippen LogP contribution in [-0.4, -0.2) is 53.9 Å². The number of allylic oxidation sites excluding steroid dienone is 1.